The third-order valence-electron chi connectivity index (χ3n) is 2.19. The topological polar surface area (TPSA) is 64.4 Å². The number of nitro groups is 1. The maximum atomic E-state index is 13.1. The van der Waals surface area contributed by atoms with E-state index < -0.39 is 10.7 Å². The van der Waals surface area contributed by atoms with Gasteiger partial charge in [0, 0.05) is 12.1 Å². The van der Waals surface area contributed by atoms with Crippen molar-refractivity contribution in [1.82, 2.24) is 5.32 Å². The van der Waals surface area contributed by atoms with E-state index in [2.05, 4.69) is 21.2 Å². The van der Waals surface area contributed by atoms with Crippen LogP contribution in [-0.2, 0) is 0 Å². The van der Waals surface area contributed by atoms with Gasteiger partial charge in [-0.3, -0.25) is 10.1 Å². The standard InChI is InChI=1S/C12H16BrFN2O3/c1-12(2,3)15-4-5-19-11-9(13)6-8(14)7-10(11)16(17)18/h6-7,15H,4-5H2,1-3H3. The lowest BCUT2D eigenvalue weighted by molar-refractivity contribution is -0.386. The van der Waals surface area contributed by atoms with Gasteiger partial charge >= 0.3 is 5.69 Å². The first-order valence-electron chi connectivity index (χ1n) is 5.72. The predicted octanol–water partition coefficient (Wildman–Crippen LogP) is 3.26. The molecule has 0 spiro atoms. The molecule has 0 saturated carbocycles. The minimum Gasteiger partial charge on any atom is -0.485 e. The van der Waals surface area contributed by atoms with Crippen LogP contribution in [0.4, 0.5) is 10.1 Å². The van der Waals surface area contributed by atoms with Crippen molar-refractivity contribution in [1.29, 1.82) is 0 Å². The number of rotatable bonds is 5. The molecule has 0 saturated heterocycles. The summed E-state index contributed by atoms with van der Waals surface area (Å²) < 4.78 is 18.7. The number of hydrogen-bond acceptors (Lipinski definition) is 4. The SMILES string of the molecule is CC(C)(C)NCCOc1c(Br)cc(F)cc1[N+](=O)[O-]. The predicted molar refractivity (Wildman–Crippen MR) is 74.0 cm³/mol. The normalized spacial score (nSPS) is 11.4. The Morgan fingerprint density at radius 3 is 2.63 bits per heavy atom. The monoisotopic (exact) mass is 334 g/mol. The van der Waals surface area contributed by atoms with Crippen LogP contribution in [-0.4, -0.2) is 23.6 Å². The summed E-state index contributed by atoms with van der Waals surface area (Å²) in [6, 6.07) is 1.98. The van der Waals surface area contributed by atoms with E-state index >= 15 is 0 Å². The average molecular weight is 335 g/mol. The van der Waals surface area contributed by atoms with E-state index in [-0.39, 0.29) is 28.1 Å². The highest BCUT2D eigenvalue weighted by Gasteiger charge is 2.20. The van der Waals surface area contributed by atoms with Gasteiger partial charge in [-0.05, 0) is 42.8 Å². The van der Waals surface area contributed by atoms with Crippen molar-refractivity contribution < 1.29 is 14.1 Å². The van der Waals surface area contributed by atoms with Gasteiger partial charge in [-0.25, -0.2) is 4.39 Å². The number of nitro benzene ring substituents is 1. The van der Waals surface area contributed by atoms with E-state index in [1.165, 1.54) is 0 Å². The minimum atomic E-state index is -0.682. The Labute approximate surface area is 119 Å². The van der Waals surface area contributed by atoms with Crippen molar-refractivity contribution in [3.8, 4) is 5.75 Å². The molecular weight excluding hydrogens is 319 g/mol. The number of ether oxygens (including phenoxy) is 1. The van der Waals surface area contributed by atoms with E-state index in [1.807, 2.05) is 20.8 Å². The second kappa shape index (κ2) is 6.29. The van der Waals surface area contributed by atoms with Crippen molar-refractivity contribution in [2.24, 2.45) is 0 Å². The molecule has 19 heavy (non-hydrogen) atoms. The van der Waals surface area contributed by atoms with Gasteiger partial charge in [-0.15, -0.1) is 0 Å². The molecule has 0 unspecified atom stereocenters. The fourth-order valence-corrected chi connectivity index (χ4v) is 1.94. The highest BCUT2D eigenvalue weighted by Crippen LogP contribution is 2.35. The Kier molecular flexibility index (Phi) is 5.25. The van der Waals surface area contributed by atoms with Crippen molar-refractivity contribution in [2.45, 2.75) is 26.3 Å². The van der Waals surface area contributed by atoms with Crippen LogP contribution in [0.15, 0.2) is 16.6 Å². The summed E-state index contributed by atoms with van der Waals surface area (Å²) in [5.41, 5.74) is -0.447. The molecule has 0 amide bonds. The molecular formula is C12H16BrFN2O3. The van der Waals surface area contributed by atoms with Gasteiger partial charge < -0.3 is 10.1 Å². The summed E-state index contributed by atoms with van der Waals surface area (Å²) in [5.74, 6) is -0.638. The Morgan fingerprint density at radius 2 is 2.11 bits per heavy atom. The van der Waals surface area contributed by atoms with Crippen molar-refractivity contribution in [3.63, 3.8) is 0 Å². The van der Waals surface area contributed by atoms with E-state index in [0.717, 1.165) is 12.1 Å². The van der Waals surface area contributed by atoms with Crippen LogP contribution in [0.3, 0.4) is 0 Å². The molecule has 0 aromatic heterocycles. The summed E-state index contributed by atoms with van der Waals surface area (Å²) in [6.07, 6.45) is 0. The summed E-state index contributed by atoms with van der Waals surface area (Å²) in [4.78, 5) is 10.2. The van der Waals surface area contributed by atoms with Crippen LogP contribution in [0, 0.1) is 15.9 Å². The van der Waals surface area contributed by atoms with E-state index in [9.17, 15) is 14.5 Å². The van der Waals surface area contributed by atoms with Crippen LogP contribution < -0.4 is 10.1 Å². The molecule has 0 atom stereocenters. The molecule has 1 aromatic carbocycles. The zero-order valence-electron chi connectivity index (χ0n) is 11.0. The highest BCUT2D eigenvalue weighted by molar-refractivity contribution is 9.10. The van der Waals surface area contributed by atoms with Gasteiger partial charge in [-0.1, -0.05) is 0 Å². The Bertz CT molecular complexity index is 475. The van der Waals surface area contributed by atoms with Crippen LogP contribution in [0.5, 0.6) is 5.75 Å². The summed E-state index contributed by atoms with van der Waals surface area (Å²) in [6.45, 7) is 6.79. The maximum Gasteiger partial charge on any atom is 0.315 e. The molecule has 1 N–H and O–H groups in total. The smallest absolute Gasteiger partial charge is 0.315 e. The highest BCUT2D eigenvalue weighted by atomic mass is 79.9. The number of halogens is 2. The van der Waals surface area contributed by atoms with Crippen LogP contribution in [0.1, 0.15) is 20.8 Å². The Hall–Kier alpha value is -1.21. The molecule has 0 aliphatic rings. The third-order valence-corrected chi connectivity index (χ3v) is 2.78. The summed E-state index contributed by atoms with van der Waals surface area (Å²) >= 11 is 3.07. The molecule has 0 aliphatic carbocycles. The Balaban J connectivity index is 2.75. The summed E-state index contributed by atoms with van der Waals surface area (Å²) in [7, 11) is 0. The van der Waals surface area contributed by atoms with Crippen molar-refractivity contribution >= 4 is 21.6 Å². The van der Waals surface area contributed by atoms with E-state index in [0.29, 0.717) is 6.54 Å². The fraction of sp³-hybridized carbons (Fsp3) is 0.500. The zero-order chi connectivity index (χ0) is 14.6. The number of benzene rings is 1. The van der Waals surface area contributed by atoms with E-state index in [4.69, 9.17) is 4.74 Å². The molecule has 1 rings (SSSR count). The number of nitrogens with zero attached hydrogens (tertiary/aromatic N) is 1. The van der Waals surface area contributed by atoms with Gasteiger partial charge in [0.15, 0.2) is 0 Å². The molecule has 5 nitrogen and oxygen atoms in total. The van der Waals surface area contributed by atoms with Crippen LogP contribution >= 0.6 is 15.9 Å². The van der Waals surface area contributed by atoms with E-state index in [1.54, 1.807) is 0 Å². The van der Waals surface area contributed by atoms with Crippen molar-refractivity contribution in [2.75, 3.05) is 13.2 Å². The zero-order valence-corrected chi connectivity index (χ0v) is 12.6. The first kappa shape index (κ1) is 15.8. The lowest BCUT2D eigenvalue weighted by Gasteiger charge is -2.20. The molecule has 0 bridgehead atoms. The number of nitrogens with one attached hydrogen (secondary N) is 1. The van der Waals surface area contributed by atoms with Gasteiger partial charge in [0.2, 0.25) is 5.75 Å². The summed E-state index contributed by atoms with van der Waals surface area (Å²) in [5, 5.41) is 14.0. The average Bonchev–Trinajstić information content (AvgIpc) is 2.24. The number of hydrogen-bond donors (Lipinski definition) is 1. The first-order chi connectivity index (χ1) is 8.70. The molecule has 106 valence electrons. The van der Waals surface area contributed by atoms with Crippen molar-refractivity contribution in [3.05, 3.63) is 32.5 Å². The third kappa shape index (κ3) is 5.12. The maximum absolute atomic E-state index is 13.1. The Morgan fingerprint density at radius 1 is 1.47 bits per heavy atom. The second-order valence-electron chi connectivity index (χ2n) is 5.02. The molecule has 7 heteroatoms. The first-order valence-corrected chi connectivity index (χ1v) is 6.51. The molecule has 0 heterocycles. The fourth-order valence-electron chi connectivity index (χ4n) is 1.40. The minimum absolute atomic E-state index is 0.0436. The van der Waals surface area contributed by atoms with Crippen LogP contribution in [0.2, 0.25) is 0 Å². The molecule has 0 radical (unpaired) electrons. The van der Waals surface area contributed by atoms with Gasteiger partial charge in [0.25, 0.3) is 0 Å². The second-order valence-corrected chi connectivity index (χ2v) is 5.87. The van der Waals surface area contributed by atoms with Gasteiger partial charge in [-0.2, -0.15) is 0 Å². The molecule has 0 fully saturated rings. The quantitative estimate of drug-likeness (QED) is 0.510. The molecule has 1 aromatic rings. The molecule has 0 aliphatic heterocycles. The van der Waals surface area contributed by atoms with Crippen LogP contribution in [0.25, 0.3) is 0 Å². The lowest BCUT2D eigenvalue weighted by atomic mass is 10.1. The largest absolute Gasteiger partial charge is 0.485 e. The van der Waals surface area contributed by atoms with Gasteiger partial charge in [0.05, 0.1) is 15.5 Å². The van der Waals surface area contributed by atoms with Gasteiger partial charge in [0.1, 0.15) is 12.4 Å². The lowest BCUT2D eigenvalue weighted by Crippen LogP contribution is -2.38.